The van der Waals surface area contributed by atoms with Gasteiger partial charge in [0.05, 0.1) is 5.56 Å². The summed E-state index contributed by atoms with van der Waals surface area (Å²) in [4.78, 5) is 36.8. The van der Waals surface area contributed by atoms with E-state index in [2.05, 4.69) is 10.6 Å². The van der Waals surface area contributed by atoms with E-state index in [-0.39, 0.29) is 17.9 Å². The molecule has 28 heavy (non-hydrogen) atoms. The Balaban J connectivity index is 1.74. The first-order chi connectivity index (χ1) is 13.5. The predicted octanol–water partition coefficient (Wildman–Crippen LogP) is 2.79. The fourth-order valence-electron chi connectivity index (χ4n) is 3.14. The average molecular weight is 380 g/mol. The molecule has 0 fully saturated rings. The highest BCUT2D eigenvalue weighted by atomic mass is 16.5. The molecule has 1 heterocycles. The Bertz CT molecular complexity index is 879. The van der Waals surface area contributed by atoms with Crippen molar-refractivity contribution in [3.05, 3.63) is 70.8 Å². The Morgan fingerprint density at radius 1 is 1.18 bits per heavy atom. The molecular weight excluding hydrogens is 356 g/mol. The predicted molar refractivity (Wildman–Crippen MR) is 105 cm³/mol. The first kappa shape index (κ1) is 19.6. The molecule has 2 aromatic rings. The molecule has 146 valence electrons. The molecule has 0 saturated carbocycles. The van der Waals surface area contributed by atoms with Crippen LogP contribution in [0, 0.1) is 0 Å². The molecule has 2 aromatic carbocycles. The van der Waals surface area contributed by atoms with Gasteiger partial charge in [0.2, 0.25) is 5.91 Å². The van der Waals surface area contributed by atoms with E-state index in [1.807, 2.05) is 37.3 Å². The lowest BCUT2D eigenvalue weighted by molar-refractivity contribution is -0.122. The minimum absolute atomic E-state index is 0.221. The quantitative estimate of drug-likeness (QED) is 0.755. The summed E-state index contributed by atoms with van der Waals surface area (Å²) in [5, 5.41) is 5.45. The molecule has 0 spiro atoms. The Labute approximate surface area is 164 Å². The van der Waals surface area contributed by atoms with Crippen molar-refractivity contribution < 1.29 is 19.1 Å². The van der Waals surface area contributed by atoms with Crippen LogP contribution in [0.15, 0.2) is 48.5 Å². The van der Waals surface area contributed by atoms with Gasteiger partial charge in [-0.2, -0.15) is 0 Å². The molecule has 0 aromatic heterocycles. The molecule has 2 amide bonds. The van der Waals surface area contributed by atoms with Crippen LogP contribution in [0.2, 0.25) is 0 Å². The van der Waals surface area contributed by atoms with Gasteiger partial charge in [0.15, 0.2) is 0 Å². The fourth-order valence-corrected chi connectivity index (χ4v) is 3.14. The molecule has 2 N–H and O–H groups in total. The summed E-state index contributed by atoms with van der Waals surface area (Å²) in [6.07, 6.45) is 0.951. The van der Waals surface area contributed by atoms with Crippen LogP contribution in [0.1, 0.15) is 58.2 Å². The standard InChI is InChI=1S/C22H24N2O4/c1-3-11-23-20(25)14(2)24-21(26)16-9-10-18-17(12-16)13-19(28-22(18)27)15-7-5-4-6-8-15/h4-10,12,14,19H,3,11,13H2,1-2H3,(H,23,25)(H,24,26). The van der Waals surface area contributed by atoms with Gasteiger partial charge in [-0.25, -0.2) is 4.79 Å². The molecule has 6 nitrogen and oxygen atoms in total. The first-order valence-electron chi connectivity index (χ1n) is 9.47. The highest BCUT2D eigenvalue weighted by Crippen LogP contribution is 2.31. The molecule has 1 aliphatic rings. The van der Waals surface area contributed by atoms with Crippen molar-refractivity contribution >= 4 is 17.8 Å². The van der Waals surface area contributed by atoms with Crippen LogP contribution in [0.25, 0.3) is 0 Å². The molecule has 2 atom stereocenters. The fraction of sp³-hybridized carbons (Fsp3) is 0.318. The highest BCUT2D eigenvalue weighted by molar-refractivity contribution is 5.99. The Hall–Kier alpha value is -3.15. The van der Waals surface area contributed by atoms with Crippen molar-refractivity contribution in [2.24, 2.45) is 0 Å². The molecule has 2 unspecified atom stereocenters. The van der Waals surface area contributed by atoms with Gasteiger partial charge in [-0.1, -0.05) is 37.3 Å². The van der Waals surface area contributed by atoms with Crippen LogP contribution in [-0.2, 0) is 16.0 Å². The smallest absolute Gasteiger partial charge is 0.339 e. The maximum Gasteiger partial charge on any atom is 0.339 e. The van der Waals surface area contributed by atoms with Gasteiger partial charge in [-0.15, -0.1) is 0 Å². The maximum absolute atomic E-state index is 12.5. The Kier molecular flexibility index (Phi) is 6.09. The Morgan fingerprint density at radius 2 is 1.93 bits per heavy atom. The van der Waals surface area contributed by atoms with Crippen LogP contribution >= 0.6 is 0 Å². The van der Waals surface area contributed by atoms with Crippen LogP contribution in [0.3, 0.4) is 0 Å². The second-order valence-corrected chi connectivity index (χ2v) is 6.87. The molecule has 0 bridgehead atoms. The minimum atomic E-state index is -0.642. The van der Waals surface area contributed by atoms with Crippen molar-refractivity contribution in [2.75, 3.05) is 6.54 Å². The van der Waals surface area contributed by atoms with E-state index in [1.54, 1.807) is 25.1 Å². The number of ether oxygens (including phenoxy) is 1. The summed E-state index contributed by atoms with van der Waals surface area (Å²) < 4.78 is 5.54. The molecule has 1 aliphatic heterocycles. The van der Waals surface area contributed by atoms with Crippen LogP contribution in [-0.4, -0.2) is 30.4 Å². The number of benzene rings is 2. The summed E-state index contributed by atoms with van der Waals surface area (Å²) in [6.45, 7) is 4.18. The maximum atomic E-state index is 12.5. The first-order valence-corrected chi connectivity index (χ1v) is 9.47. The normalized spacial score (nSPS) is 16.5. The van der Waals surface area contributed by atoms with E-state index >= 15 is 0 Å². The number of carbonyl (C=O) groups is 3. The number of carbonyl (C=O) groups excluding carboxylic acids is 3. The second-order valence-electron chi connectivity index (χ2n) is 6.87. The zero-order valence-corrected chi connectivity index (χ0v) is 16.0. The largest absolute Gasteiger partial charge is 0.454 e. The zero-order chi connectivity index (χ0) is 20.1. The monoisotopic (exact) mass is 380 g/mol. The van der Waals surface area contributed by atoms with Gasteiger partial charge < -0.3 is 15.4 Å². The number of amides is 2. The van der Waals surface area contributed by atoms with E-state index in [0.717, 1.165) is 17.5 Å². The van der Waals surface area contributed by atoms with Crippen molar-refractivity contribution in [3.63, 3.8) is 0 Å². The van der Waals surface area contributed by atoms with E-state index in [1.165, 1.54) is 0 Å². The molecule has 3 rings (SSSR count). The lowest BCUT2D eigenvalue weighted by Crippen LogP contribution is -2.45. The summed E-state index contributed by atoms with van der Waals surface area (Å²) in [6, 6.07) is 13.8. The summed E-state index contributed by atoms with van der Waals surface area (Å²) in [7, 11) is 0. The molecule has 0 aliphatic carbocycles. The summed E-state index contributed by atoms with van der Waals surface area (Å²) in [5.41, 5.74) is 2.56. The van der Waals surface area contributed by atoms with Crippen molar-refractivity contribution in [1.29, 1.82) is 0 Å². The number of esters is 1. The number of nitrogens with one attached hydrogen (secondary N) is 2. The molecule has 6 heteroatoms. The van der Waals surface area contributed by atoms with Crippen molar-refractivity contribution in [2.45, 2.75) is 38.8 Å². The third kappa shape index (κ3) is 4.39. The van der Waals surface area contributed by atoms with Crippen LogP contribution in [0.4, 0.5) is 0 Å². The van der Waals surface area contributed by atoms with Gasteiger partial charge in [0.25, 0.3) is 5.91 Å². The third-order valence-electron chi connectivity index (χ3n) is 4.70. The molecule has 0 saturated heterocycles. The van der Waals surface area contributed by atoms with E-state index in [0.29, 0.717) is 24.1 Å². The number of hydrogen-bond acceptors (Lipinski definition) is 4. The van der Waals surface area contributed by atoms with Gasteiger partial charge in [-0.05, 0) is 42.7 Å². The number of cyclic esters (lactones) is 1. The average Bonchev–Trinajstić information content (AvgIpc) is 2.72. The molecule has 0 radical (unpaired) electrons. The van der Waals surface area contributed by atoms with Gasteiger partial charge in [-0.3, -0.25) is 9.59 Å². The SMILES string of the molecule is CCCNC(=O)C(C)NC(=O)c1ccc2c(c1)CC(c1ccccc1)OC2=O. The van der Waals surface area contributed by atoms with Gasteiger partial charge >= 0.3 is 5.97 Å². The lowest BCUT2D eigenvalue weighted by atomic mass is 9.93. The second kappa shape index (κ2) is 8.69. The summed E-state index contributed by atoms with van der Waals surface area (Å²) in [5.74, 6) is -0.965. The van der Waals surface area contributed by atoms with Gasteiger partial charge in [0, 0.05) is 18.5 Å². The number of fused-ring (bicyclic) bond motifs is 1. The summed E-state index contributed by atoms with van der Waals surface area (Å²) >= 11 is 0. The van der Waals surface area contributed by atoms with Crippen molar-refractivity contribution in [1.82, 2.24) is 10.6 Å². The zero-order valence-electron chi connectivity index (χ0n) is 16.0. The van der Waals surface area contributed by atoms with E-state index in [4.69, 9.17) is 4.74 Å². The number of rotatable bonds is 6. The highest BCUT2D eigenvalue weighted by Gasteiger charge is 2.28. The Morgan fingerprint density at radius 3 is 2.64 bits per heavy atom. The van der Waals surface area contributed by atoms with E-state index < -0.39 is 12.0 Å². The minimum Gasteiger partial charge on any atom is -0.454 e. The van der Waals surface area contributed by atoms with E-state index in [9.17, 15) is 14.4 Å². The van der Waals surface area contributed by atoms with Crippen LogP contribution in [0.5, 0.6) is 0 Å². The lowest BCUT2D eigenvalue weighted by Gasteiger charge is -2.25. The van der Waals surface area contributed by atoms with Crippen molar-refractivity contribution in [3.8, 4) is 0 Å². The third-order valence-corrected chi connectivity index (χ3v) is 4.70. The van der Waals surface area contributed by atoms with Gasteiger partial charge in [0.1, 0.15) is 12.1 Å². The number of hydrogen-bond donors (Lipinski definition) is 2. The molecular formula is C22H24N2O4. The topological polar surface area (TPSA) is 84.5 Å². The van der Waals surface area contributed by atoms with Crippen LogP contribution < -0.4 is 10.6 Å².